The summed E-state index contributed by atoms with van der Waals surface area (Å²) >= 11 is 0. The zero-order chi connectivity index (χ0) is 12.3. The Bertz CT molecular complexity index is 555. The van der Waals surface area contributed by atoms with Crippen molar-refractivity contribution in [1.29, 1.82) is 0 Å². The van der Waals surface area contributed by atoms with Crippen LogP contribution in [0.25, 0.3) is 11.3 Å². The highest BCUT2D eigenvalue weighted by Crippen LogP contribution is 2.27. The van der Waals surface area contributed by atoms with Gasteiger partial charge in [0.15, 0.2) is 5.69 Å². The molecule has 0 fully saturated rings. The van der Waals surface area contributed by atoms with E-state index in [2.05, 4.69) is 9.97 Å². The number of aromatic carboxylic acids is 1. The molecule has 0 bridgehead atoms. The molecule has 0 radical (unpaired) electrons. The van der Waals surface area contributed by atoms with Gasteiger partial charge in [-0.25, -0.2) is 14.8 Å². The molecule has 0 aliphatic carbocycles. The first-order chi connectivity index (χ1) is 8.22. The minimum absolute atomic E-state index is 0.0408. The van der Waals surface area contributed by atoms with Crippen LogP contribution in [0.1, 0.15) is 10.5 Å². The minimum Gasteiger partial charge on any atom is -0.496 e. The molecular formula is C12H10N2O3. The number of carboxylic acid groups (broad SMARTS) is 1. The zero-order valence-electron chi connectivity index (χ0n) is 9.12. The number of nitrogens with zero attached hydrogens (tertiary/aromatic N) is 2. The van der Waals surface area contributed by atoms with Crippen molar-refractivity contribution in [3.05, 3.63) is 42.4 Å². The van der Waals surface area contributed by atoms with Gasteiger partial charge in [0.25, 0.3) is 0 Å². The number of aromatic nitrogens is 2. The number of para-hydroxylation sites is 1. The summed E-state index contributed by atoms with van der Waals surface area (Å²) in [5.74, 6) is -0.439. The third-order valence-electron chi connectivity index (χ3n) is 2.27. The normalized spacial score (nSPS) is 9.94. The van der Waals surface area contributed by atoms with Crippen LogP contribution in [-0.4, -0.2) is 28.2 Å². The average Bonchev–Trinajstić information content (AvgIpc) is 2.39. The van der Waals surface area contributed by atoms with Crippen LogP contribution < -0.4 is 4.74 Å². The predicted molar refractivity (Wildman–Crippen MR) is 61.0 cm³/mol. The van der Waals surface area contributed by atoms with E-state index in [4.69, 9.17) is 9.84 Å². The summed E-state index contributed by atoms with van der Waals surface area (Å²) in [6, 6.07) is 8.69. The second-order valence-corrected chi connectivity index (χ2v) is 3.29. The number of hydrogen-bond donors (Lipinski definition) is 1. The number of methoxy groups -OCH3 is 1. The Morgan fingerprint density at radius 2 is 2.06 bits per heavy atom. The second kappa shape index (κ2) is 4.61. The number of hydrogen-bond acceptors (Lipinski definition) is 4. The predicted octanol–water partition coefficient (Wildman–Crippen LogP) is 1.85. The van der Waals surface area contributed by atoms with Crippen molar-refractivity contribution >= 4 is 5.97 Å². The quantitative estimate of drug-likeness (QED) is 0.871. The molecular weight excluding hydrogens is 220 g/mol. The molecule has 1 heterocycles. The van der Waals surface area contributed by atoms with Crippen LogP contribution >= 0.6 is 0 Å². The lowest BCUT2D eigenvalue weighted by Crippen LogP contribution is -2.01. The van der Waals surface area contributed by atoms with Gasteiger partial charge in [0, 0.05) is 5.56 Å². The Labute approximate surface area is 97.7 Å². The Balaban J connectivity index is 2.52. The van der Waals surface area contributed by atoms with Crippen molar-refractivity contribution in [3.63, 3.8) is 0 Å². The van der Waals surface area contributed by atoms with Gasteiger partial charge in [-0.15, -0.1) is 0 Å². The molecule has 0 saturated heterocycles. The number of carboxylic acids is 1. The zero-order valence-corrected chi connectivity index (χ0v) is 9.12. The molecule has 17 heavy (non-hydrogen) atoms. The Morgan fingerprint density at radius 3 is 2.76 bits per heavy atom. The fourth-order valence-electron chi connectivity index (χ4n) is 1.48. The van der Waals surface area contributed by atoms with Crippen LogP contribution in [0.3, 0.4) is 0 Å². The molecule has 5 heteroatoms. The van der Waals surface area contributed by atoms with E-state index >= 15 is 0 Å². The molecule has 1 N–H and O–H groups in total. The summed E-state index contributed by atoms with van der Waals surface area (Å²) in [5, 5.41) is 8.86. The first-order valence-electron chi connectivity index (χ1n) is 4.91. The van der Waals surface area contributed by atoms with Gasteiger partial charge in [-0.3, -0.25) is 0 Å². The molecule has 0 amide bonds. The second-order valence-electron chi connectivity index (χ2n) is 3.29. The van der Waals surface area contributed by atoms with Gasteiger partial charge in [-0.1, -0.05) is 12.1 Å². The van der Waals surface area contributed by atoms with Crippen molar-refractivity contribution in [3.8, 4) is 17.0 Å². The lowest BCUT2D eigenvalue weighted by molar-refractivity contribution is 0.0690. The van der Waals surface area contributed by atoms with Gasteiger partial charge < -0.3 is 9.84 Å². The lowest BCUT2D eigenvalue weighted by Gasteiger charge is -2.07. The fraction of sp³-hybridized carbons (Fsp3) is 0.0833. The minimum atomic E-state index is -1.08. The smallest absolute Gasteiger partial charge is 0.354 e. The summed E-state index contributed by atoms with van der Waals surface area (Å²) in [4.78, 5) is 18.5. The van der Waals surface area contributed by atoms with E-state index in [-0.39, 0.29) is 5.69 Å². The Morgan fingerprint density at radius 1 is 1.29 bits per heavy atom. The van der Waals surface area contributed by atoms with Crippen LogP contribution in [0.2, 0.25) is 0 Å². The van der Waals surface area contributed by atoms with Crippen LogP contribution in [0.4, 0.5) is 0 Å². The summed E-state index contributed by atoms with van der Waals surface area (Å²) < 4.78 is 5.19. The molecule has 2 rings (SSSR count). The molecule has 0 spiro atoms. The van der Waals surface area contributed by atoms with E-state index in [1.54, 1.807) is 13.2 Å². The molecule has 0 aliphatic heterocycles. The first kappa shape index (κ1) is 11.1. The maximum absolute atomic E-state index is 10.8. The molecule has 0 saturated carbocycles. The lowest BCUT2D eigenvalue weighted by atomic mass is 10.1. The van der Waals surface area contributed by atoms with E-state index < -0.39 is 5.97 Å². The fourth-order valence-corrected chi connectivity index (χ4v) is 1.48. The highest BCUT2D eigenvalue weighted by molar-refractivity contribution is 5.86. The number of rotatable bonds is 3. The van der Waals surface area contributed by atoms with Crippen molar-refractivity contribution in [2.24, 2.45) is 0 Å². The highest BCUT2D eigenvalue weighted by Gasteiger charge is 2.10. The van der Waals surface area contributed by atoms with Gasteiger partial charge in [0.05, 0.1) is 12.8 Å². The van der Waals surface area contributed by atoms with Gasteiger partial charge in [-0.2, -0.15) is 0 Å². The van der Waals surface area contributed by atoms with Crippen LogP contribution in [-0.2, 0) is 0 Å². The SMILES string of the molecule is COc1ccccc1-c1cc(C(=O)O)ncn1. The maximum Gasteiger partial charge on any atom is 0.354 e. The van der Waals surface area contributed by atoms with Crippen molar-refractivity contribution in [1.82, 2.24) is 9.97 Å². The molecule has 5 nitrogen and oxygen atoms in total. The van der Waals surface area contributed by atoms with E-state index in [9.17, 15) is 4.79 Å². The molecule has 0 atom stereocenters. The molecule has 0 unspecified atom stereocenters. The molecule has 1 aromatic carbocycles. The van der Waals surface area contributed by atoms with Crippen molar-refractivity contribution in [2.45, 2.75) is 0 Å². The summed E-state index contributed by atoms with van der Waals surface area (Å²) in [6.07, 6.45) is 1.23. The topological polar surface area (TPSA) is 72.3 Å². The van der Waals surface area contributed by atoms with Crippen LogP contribution in [0.5, 0.6) is 5.75 Å². The molecule has 86 valence electrons. The number of ether oxygens (including phenoxy) is 1. The van der Waals surface area contributed by atoms with Gasteiger partial charge in [-0.05, 0) is 18.2 Å². The summed E-state index contributed by atoms with van der Waals surface area (Å²) in [5.41, 5.74) is 1.22. The van der Waals surface area contributed by atoms with Gasteiger partial charge in [0.2, 0.25) is 0 Å². The van der Waals surface area contributed by atoms with Gasteiger partial charge >= 0.3 is 5.97 Å². The van der Waals surface area contributed by atoms with E-state index in [0.717, 1.165) is 5.56 Å². The Hall–Kier alpha value is -2.43. The molecule has 2 aromatic rings. The van der Waals surface area contributed by atoms with Crippen LogP contribution in [0.15, 0.2) is 36.7 Å². The van der Waals surface area contributed by atoms with E-state index in [0.29, 0.717) is 11.4 Å². The van der Waals surface area contributed by atoms with Crippen LogP contribution in [0, 0.1) is 0 Å². The average molecular weight is 230 g/mol. The van der Waals surface area contributed by atoms with Crippen molar-refractivity contribution < 1.29 is 14.6 Å². The largest absolute Gasteiger partial charge is 0.496 e. The summed E-state index contributed by atoms with van der Waals surface area (Å²) in [6.45, 7) is 0. The third kappa shape index (κ3) is 2.23. The molecule has 1 aromatic heterocycles. The monoisotopic (exact) mass is 230 g/mol. The number of benzene rings is 1. The molecule has 0 aliphatic rings. The highest BCUT2D eigenvalue weighted by atomic mass is 16.5. The third-order valence-corrected chi connectivity index (χ3v) is 2.27. The van der Waals surface area contributed by atoms with Gasteiger partial charge in [0.1, 0.15) is 12.1 Å². The van der Waals surface area contributed by atoms with E-state index in [1.807, 2.05) is 18.2 Å². The number of carbonyl (C=O) groups is 1. The van der Waals surface area contributed by atoms with E-state index in [1.165, 1.54) is 12.4 Å². The Kier molecular flexibility index (Phi) is 3.00. The summed E-state index contributed by atoms with van der Waals surface area (Å²) in [7, 11) is 1.55. The standard InChI is InChI=1S/C12H10N2O3/c1-17-11-5-3-2-4-8(11)9-6-10(12(15)16)14-7-13-9/h2-7H,1H3,(H,15,16). The maximum atomic E-state index is 10.8. The van der Waals surface area contributed by atoms with Crippen molar-refractivity contribution in [2.75, 3.05) is 7.11 Å². The first-order valence-corrected chi connectivity index (χ1v) is 4.91.